The average molecular weight is 448 g/mol. The molecule has 0 N–H and O–H groups in total. The second-order valence-corrected chi connectivity index (χ2v) is 9.84. The van der Waals surface area contributed by atoms with Gasteiger partial charge in [-0.25, -0.2) is 12.4 Å². The van der Waals surface area contributed by atoms with Crippen LogP contribution in [0, 0.1) is 0 Å². The van der Waals surface area contributed by atoms with E-state index in [1.54, 1.807) is 30.3 Å². The number of thiophene rings is 1. The van der Waals surface area contributed by atoms with Gasteiger partial charge in [-0.05, 0) is 35.7 Å². The van der Waals surface area contributed by atoms with Crippen molar-refractivity contribution in [2.75, 3.05) is 7.11 Å². The number of fused-ring (bicyclic) bond motifs is 2. The average Bonchev–Trinajstić information content (AvgIpc) is 3.38. The summed E-state index contributed by atoms with van der Waals surface area (Å²) in [5.41, 5.74) is 1.02. The van der Waals surface area contributed by atoms with E-state index in [1.165, 1.54) is 30.6 Å². The SMILES string of the molecule is COc1cccc2c(-c3cc4ccccc4s3)c(C=O)n(S(=O)(=O)c3ccccc3)c12. The second kappa shape index (κ2) is 7.37. The molecule has 3 aromatic carbocycles. The van der Waals surface area contributed by atoms with E-state index in [9.17, 15) is 13.2 Å². The van der Waals surface area contributed by atoms with Gasteiger partial charge in [-0.3, -0.25) is 4.79 Å². The van der Waals surface area contributed by atoms with Crippen LogP contribution in [0.15, 0.2) is 83.8 Å². The molecule has 0 saturated heterocycles. The first-order valence-electron chi connectivity index (χ1n) is 9.52. The number of ether oxygens (including phenoxy) is 1. The zero-order valence-corrected chi connectivity index (χ0v) is 18.1. The molecule has 2 aromatic heterocycles. The van der Waals surface area contributed by atoms with Crippen LogP contribution in [0.5, 0.6) is 5.75 Å². The Labute approximate surface area is 183 Å². The van der Waals surface area contributed by atoms with Crippen LogP contribution in [-0.4, -0.2) is 25.8 Å². The summed E-state index contributed by atoms with van der Waals surface area (Å²) >= 11 is 1.52. The lowest BCUT2D eigenvalue weighted by Crippen LogP contribution is -2.16. The van der Waals surface area contributed by atoms with Crippen LogP contribution in [0.3, 0.4) is 0 Å². The number of carbonyl (C=O) groups is 1. The molecule has 0 fully saturated rings. The summed E-state index contributed by atoms with van der Waals surface area (Å²) in [6.07, 6.45) is 0.611. The highest BCUT2D eigenvalue weighted by Crippen LogP contribution is 2.44. The van der Waals surface area contributed by atoms with Gasteiger partial charge in [0.2, 0.25) is 0 Å². The van der Waals surface area contributed by atoms with E-state index in [0.717, 1.165) is 18.9 Å². The zero-order valence-electron chi connectivity index (χ0n) is 16.5. The highest BCUT2D eigenvalue weighted by Gasteiger charge is 2.30. The van der Waals surface area contributed by atoms with Gasteiger partial charge < -0.3 is 4.74 Å². The van der Waals surface area contributed by atoms with Crippen molar-refractivity contribution in [1.29, 1.82) is 0 Å². The molecule has 0 bridgehead atoms. The summed E-state index contributed by atoms with van der Waals surface area (Å²) < 4.78 is 35.0. The van der Waals surface area contributed by atoms with Crippen LogP contribution in [-0.2, 0) is 10.0 Å². The Kier molecular flexibility index (Phi) is 4.64. The van der Waals surface area contributed by atoms with Gasteiger partial charge in [-0.1, -0.05) is 48.5 Å². The van der Waals surface area contributed by atoms with Gasteiger partial charge >= 0.3 is 0 Å². The third-order valence-electron chi connectivity index (χ3n) is 5.23. The quantitative estimate of drug-likeness (QED) is 0.330. The van der Waals surface area contributed by atoms with E-state index in [2.05, 4.69) is 0 Å². The van der Waals surface area contributed by atoms with E-state index in [0.29, 0.717) is 28.5 Å². The molecule has 0 unspecified atom stereocenters. The van der Waals surface area contributed by atoms with Crippen molar-refractivity contribution in [3.05, 3.63) is 84.6 Å². The summed E-state index contributed by atoms with van der Waals surface area (Å²) in [6.45, 7) is 0. The first kappa shape index (κ1) is 19.5. The lowest BCUT2D eigenvalue weighted by Gasteiger charge is -2.11. The number of hydrogen-bond acceptors (Lipinski definition) is 5. The summed E-state index contributed by atoms with van der Waals surface area (Å²) in [5, 5.41) is 1.68. The fourth-order valence-electron chi connectivity index (χ4n) is 3.88. The molecule has 0 aliphatic rings. The molecule has 5 aromatic rings. The van der Waals surface area contributed by atoms with Gasteiger partial charge in [-0.15, -0.1) is 11.3 Å². The highest BCUT2D eigenvalue weighted by molar-refractivity contribution is 7.90. The fourth-order valence-corrected chi connectivity index (χ4v) is 6.54. The molecule has 0 radical (unpaired) electrons. The van der Waals surface area contributed by atoms with Gasteiger partial charge in [-0.2, -0.15) is 0 Å². The topological polar surface area (TPSA) is 65.4 Å². The summed E-state index contributed by atoms with van der Waals surface area (Å²) in [5.74, 6) is 0.382. The number of para-hydroxylation sites is 1. The number of methoxy groups -OCH3 is 1. The largest absolute Gasteiger partial charge is 0.495 e. The van der Waals surface area contributed by atoms with Crippen LogP contribution < -0.4 is 4.74 Å². The van der Waals surface area contributed by atoms with Gasteiger partial charge in [0.05, 0.1) is 12.0 Å². The predicted octanol–water partition coefficient (Wildman–Crippen LogP) is 5.58. The van der Waals surface area contributed by atoms with Crippen molar-refractivity contribution in [3.8, 4) is 16.2 Å². The molecular weight excluding hydrogens is 430 g/mol. The van der Waals surface area contributed by atoms with Gasteiger partial charge in [0.25, 0.3) is 10.0 Å². The lowest BCUT2D eigenvalue weighted by atomic mass is 10.1. The molecule has 7 heteroatoms. The molecule has 0 saturated carbocycles. The lowest BCUT2D eigenvalue weighted by molar-refractivity contribution is 0.111. The molecule has 0 atom stereocenters. The van der Waals surface area contributed by atoms with Crippen molar-refractivity contribution in [3.63, 3.8) is 0 Å². The third kappa shape index (κ3) is 2.97. The number of hydrogen-bond donors (Lipinski definition) is 0. The van der Waals surface area contributed by atoms with Crippen LogP contribution >= 0.6 is 11.3 Å². The molecule has 5 nitrogen and oxygen atoms in total. The molecule has 31 heavy (non-hydrogen) atoms. The molecule has 5 rings (SSSR count). The van der Waals surface area contributed by atoms with Crippen molar-refractivity contribution < 1.29 is 17.9 Å². The van der Waals surface area contributed by atoms with Crippen LogP contribution in [0.25, 0.3) is 31.4 Å². The molecule has 0 spiro atoms. The Morgan fingerprint density at radius 2 is 1.68 bits per heavy atom. The fraction of sp³-hybridized carbons (Fsp3) is 0.0417. The van der Waals surface area contributed by atoms with Crippen LogP contribution in [0.1, 0.15) is 10.5 Å². The number of benzene rings is 3. The maximum atomic E-state index is 13.7. The minimum absolute atomic E-state index is 0.0786. The summed E-state index contributed by atoms with van der Waals surface area (Å²) in [7, 11) is -2.56. The van der Waals surface area contributed by atoms with Crippen LogP contribution in [0.4, 0.5) is 0 Å². The number of carbonyl (C=O) groups excluding carboxylic acids is 1. The monoisotopic (exact) mass is 447 g/mol. The molecule has 154 valence electrons. The van der Waals surface area contributed by atoms with Crippen molar-refractivity contribution in [2.45, 2.75) is 4.90 Å². The van der Waals surface area contributed by atoms with E-state index >= 15 is 0 Å². The highest BCUT2D eigenvalue weighted by atomic mass is 32.2. The number of nitrogens with zero attached hydrogens (tertiary/aromatic N) is 1. The number of aldehydes is 1. The maximum Gasteiger partial charge on any atom is 0.268 e. The Hall–Kier alpha value is -3.42. The van der Waals surface area contributed by atoms with E-state index in [-0.39, 0.29) is 10.6 Å². The van der Waals surface area contributed by atoms with Gasteiger partial charge in [0.15, 0.2) is 6.29 Å². The summed E-state index contributed by atoms with van der Waals surface area (Å²) in [6, 6.07) is 23.3. The smallest absolute Gasteiger partial charge is 0.268 e. The van der Waals surface area contributed by atoms with Crippen LogP contribution in [0.2, 0.25) is 0 Å². The Bertz CT molecular complexity index is 1510. The normalized spacial score (nSPS) is 11.8. The van der Waals surface area contributed by atoms with Crippen molar-refractivity contribution >= 4 is 48.6 Å². The molecular formula is C24H17NO4S2. The van der Waals surface area contributed by atoms with E-state index < -0.39 is 10.0 Å². The molecule has 0 aliphatic carbocycles. The number of rotatable bonds is 5. The minimum Gasteiger partial charge on any atom is -0.495 e. The first-order valence-corrected chi connectivity index (χ1v) is 11.8. The Balaban J connectivity index is 1.94. The third-order valence-corrected chi connectivity index (χ3v) is 8.09. The molecule has 0 aliphatic heterocycles. The van der Waals surface area contributed by atoms with Gasteiger partial charge in [0.1, 0.15) is 17.0 Å². The molecule has 2 heterocycles. The standard InChI is InChI=1S/C24H17NO4S2/c1-29-20-12-7-11-18-23(22-14-16-8-5-6-13-21(16)30-22)19(15-26)25(24(18)20)31(27,28)17-9-3-2-4-10-17/h2-15H,1H3. The van der Waals surface area contributed by atoms with Gasteiger partial charge in [0, 0.05) is 20.5 Å². The second-order valence-electron chi connectivity index (χ2n) is 6.97. The zero-order chi connectivity index (χ0) is 21.6. The number of aromatic nitrogens is 1. The Morgan fingerprint density at radius 3 is 2.39 bits per heavy atom. The summed E-state index contributed by atoms with van der Waals surface area (Å²) in [4.78, 5) is 13.3. The minimum atomic E-state index is -4.05. The van der Waals surface area contributed by atoms with E-state index in [4.69, 9.17) is 4.74 Å². The maximum absolute atomic E-state index is 13.7. The predicted molar refractivity (Wildman–Crippen MR) is 124 cm³/mol. The van der Waals surface area contributed by atoms with Crippen molar-refractivity contribution in [2.24, 2.45) is 0 Å². The molecule has 0 amide bonds. The first-order chi connectivity index (χ1) is 15.1. The Morgan fingerprint density at radius 1 is 0.935 bits per heavy atom. The van der Waals surface area contributed by atoms with E-state index in [1.807, 2.05) is 36.4 Å². The van der Waals surface area contributed by atoms with Crippen molar-refractivity contribution in [1.82, 2.24) is 3.97 Å².